The number of hydrogen-bond donors (Lipinski definition) is 3. The van der Waals surface area contributed by atoms with Gasteiger partial charge in [0.05, 0.1) is 5.56 Å². The number of carbonyl (C=O) groups excluding carboxylic acids is 1. The van der Waals surface area contributed by atoms with Gasteiger partial charge in [0, 0.05) is 43.0 Å². The molecule has 8 nitrogen and oxygen atoms in total. The minimum absolute atomic E-state index is 0.0599. The molecule has 1 aliphatic heterocycles. The Bertz CT molecular complexity index is 990. The van der Waals surface area contributed by atoms with Crippen LogP contribution in [-0.4, -0.2) is 39.6 Å². The fourth-order valence-electron chi connectivity index (χ4n) is 3.37. The Kier molecular flexibility index (Phi) is 4.25. The summed E-state index contributed by atoms with van der Waals surface area (Å²) in [6.07, 6.45) is 5.60. The largest absolute Gasteiger partial charge is 0.350 e. The molecule has 2 aromatic rings. The molecule has 0 bridgehead atoms. The molecule has 1 saturated carbocycles. The first-order valence-corrected chi connectivity index (χ1v) is 9.16. The van der Waals surface area contributed by atoms with E-state index in [1.54, 1.807) is 6.20 Å². The molecule has 27 heavy (non-hydrogen) atoms. The van der Waals surface area contributed by atoms with Crippen LogP contribution < -0.4 is 15.7 Å². The minimum atomic E-state index is -0.0599. The molecule has 0 atom stereocenters. The second-order valence-corrected chi connectivity index (χ2v) is 7.24. The molecule has 0 aromatic carbocycles. The summed E-state index contributed by atoms with van der Waals surface area (Å²) in [6, 6.07) is 2.25. The molecule has 0 unspecified atom stereocenters. The standard InChI is InChI=1S/C19H23N7O/c1-11-12(2)18(24-26(10-20)17(11)21)25-6-5-16-14(9-25)7-13(8-22-16)19(27)23-15-3-4-15/h7-8,10,15,20-21H,3-6,9H2,1-2H3,(H,23,27). The third-order valence-corrected chi connectivity index (χ3v) is 5.32. The molecule has 0 spiro atoms. The van der Waals surface area contributed by atoms with Crippen LogP contribution in [0.4, 0.5) is 5.82 Å². The average Bonchev–Trinajstić information content (AvgIpc) is 3.49. The van der Waals surface area contributed by atoms with E-state index in [-0.39, 0.29) is 11.4 Å². The number of nitrogens with one attached hydrogen (secondary N) is 3. The fraction of sp³-hybridized carbons (Fsp3) is 0.421. The molecule has 4 rings (SSSR count). The van der Waals surface area contributed by atoms with Crippen molar-refractivity contribution in [1.29, 1.82) is 10.8 Å². The number of carbonyl (C=O) groups is 1. The van der Waals surface area contributed by atoms with Gasteiger partial charge in [-0.2, -0.15) is 0 Å². The average molecular weight is 365 g/mol. The minimum Gasteiger partial charge on any atom is -0.350 e. The summed E-state index contributed by atoms with van der Waals surface area (Å²) in [5, 5.41) is 23.0. The van der Waals surface area contributed by atoms with Crippen molar-refractivity contribution in [3.8, 4) is 0 Å². The Morgan fingerprint density at radius 1 is 1.33 bits per heavy atom. The molecule has 140 valence electrons. The fourth-order valence-corrected chi connectivity index (χ4v) is 3.37. The van der Waals surface area contributed by atoms with Gasteiger partial charge in [0.15, 0.2) is 11.3 Å². The van der Waals surface area contributed by atoms with Crippen LogP contribution in [0, 0.1) is 24.7 Å². The quantitative estimate of drug-likeness (QED) is 0.560. The maximum absolute atomic E-state index is 12.3. The lowest BCUT2D eigenvalue weighted by atomic mass is 10.0. The lowest BCUT2D eigenvalue weighted by Crippen LogP contribution is -2.36. The number of anilines is 1. The van der Waals surface area contributed by atoms with Crippen LogP contribution in [0.5, 0.6) is 0 Å². The first-order chi connectivity index (χ1) is 13.0. The topological polar surface area (TPSA) is 111 Å². The summed E-state index contributed by atoms with van der Waals surface area (Å²) in [5.74, 6) is 0.709. The van der Waals surface area contributed by atoms with Crippen molar-refractivity contribution in [3.63, 3.8) is 0 Å². The molecule has 2 aromatic heterocycles. The molecule has 1 aliphatic carbocycles. The summed E-state index contributed by atoms with van der Waals surface area (Å²) in [5.41, 5.74) is 4.62. The van der Waals surface area contributed by atoms with E-state index in [2.05, 4.69) is 20.3 Å². The zero-order valence-electron chi connectivity index (χ0n) is 15.5. The molecular weight excluding hydrogens is 342 g/mol. The van der Waals surface area contributed by atoms with Gasteiger partial charge in [-0.15, -0.1) is 5.10 Å². The molecule has 1 amide bonds. The van der Waals surface area contributed by atoms with Crippen molar-refractivity contribution in [3.05, 3.63) is 45.7 Å². The van der Waals surface area contributed by atoms with E-state index in [4.69, 9.17) is 10.8 Å². The molecule has 8 heteroatoms. The summed E-state index contributed by atoms with van der Waals surface area (Å²) in [7, 11) is 0. The SMILES string of the molecule is Cc1c(N2CCc3ncc(C(=O)NC4CC4)cc3C2)nn(C=N)c(=N)c1C. The zero-order valence-corrected chi connectivity index (χ0v) is 15.5. The molecular formula is C19H23N7O. The first kappa shape index (κ1) is 17.4. The van der Waals surface area contributed by atoms with E-state index >= 15 is 0 Å². The Hall–Kier alpha value is -3.03. The van der Waals surface area contributed by atoms with E-state index in [0.29, 0.717) is 18.2 Å². The van der Waals surface area contributed by atoms with Crippen LogP contribution in [0.15, 0.2) is 12.3 Å². The number of fused-ring (bicyclic) bond motifs is 1. The van der Waals surface area contributed by atoms with Gasteiger partial charge in [-0.1, -0.05) is 0 Å². The van der Waals surface area contributed by atoms with Gasteiger partial charge in [-0.05, 0) is 43.9 Å². The van der Waals surface area contributed by atoms with Crippen molar-refractivity contribution >= 4 is 18.1 Å². The first-order valence-electron chi connectivity index (χ1n) is 9.16. The van der Waals surface area contributed by atoms with E-state index in [0.717, 1.165) is 60.3 Å². The lowest BCUT2D eigenvalue weighted by molar-refractivity contribution is 0.0950. The molecule has 3 N–H and O–H groups in total. The summed E-state index contributed by atoms with van der Waals surface area (Å²) in [4.78, 5) is 19.0. The predicted molar refractivity (Wildman–Crippen MR) is 101 cm³/mol. The van der Waals surface area contributed by atoms with Gasteiger partial charge in [0.2, 0.25) is 0 Å². The maximum atomic E-state index is 12.3. The Morgan fingerprint density at radius 3 is 2.81 bits per heavy atom. The van der Waals surface area contributed by atoms with Crippen molar-refractivity contribution in [1.82, 2.24) is 20.1 Å². The monoisotopic (exact) mass is 365 g/mol. The van der Waals surface area contributed by atoms with Crippen LogP contribution in [0.2, 0.25) is 0 Å². The summed E-state index contributed by atoms with van der Waals surface area (Å²) < 4.78 is 1.28. The number of hydrogen-bond acceptors (Lipinski definition) is 6. The summed E-state index contributed by atoms with van der Waals surface area (Å²) in [6.45, 7) is 5.20. The number of rotatable bonds is 4. The van der Waals surface area contributed by atoms with Gasteiger partial charge in [-0.3, -0.25) is 20.6 Å². The number of aromatic nitrogens is 3. The number of pyridine rings is 1. The molecule has 0 radical (unpaired) electrons. The van der Waals surface area contributed by atoms with Crippen LogP contribution in [0.3, 0.4) is 0 Å². The van der Waals surface area contributed by atoms with Crippen molar-refractivity contribution in [2.45, 2.75) is 45.7 Å². The molecule has 3 heterocycles. The van der Waals surface area contributed by atoms with Gasteiger partial charge < -0.3 is 10.2 Å². The van der Waals surface area contributed by atoms with E-state index < -0.39 is 0 Å². The van der Waals surface area contributed by atoms with Crippen molar-refractivity contribution in [2.75, 3.05) is 11.4 Å². The maximum Gasteiger partial charge on any atom is 0.253 e. The van der Waals surface area contributed by atoms with E-state index in [9.17, 15) is 4.79 Å². The Morgan fingerprint density at radius 2 is 2.11 bits per heavy atom. The highest BCUT2D eigenvalue weighted by atomic mass is 16.1. The third kappa shape index (κ3) is 3.22. The molecule has 0 saturated heterocycles. The zero-order chi connectivity index (χ0) is 19.1. The van der Waals surface area contributed by atoms with Gasteiger partial charge >= 0.3 is 0 Å². The normalized spacial score (nSPS) is 16.0. The highest BCUT2D eigenvalue weighted by Crippen LogP contribution is 2.26. The Balaban J connectivity index is 1.64. The molecule has 1 fully saturated rings. The van der Waals surface area contributed by atoms with Crippen molar-refractivity contribution in [2.24, 2.45) is 0 Å². The van der Waals surface area contributed by atoms with Crippen LogP contribution in [-0.2, 0) is 13.0 Å². The van der Waals surface area contributed by atoms with Crippen LogP contribution in [0.1, 0.15) is 45.6 Å². The van der Waals surface area contributed by atoms with Gasteiger partial charge in [0.25, 0.3) is 5.91 Å². The van der Waals surface area contributed by atoms with Crippen molar-refractivity contribution < 1.29 is 4.79 Å². The molecule has 2 aliphatic rings. The second-order valence-electron chi connectivity index (χ2n) is 7.24. The summed E-state index contributed by atoms with van der Waals surface area (Å²) >= 11 is 0. The second kappa shape index (κ2) is 6.61. The smallest absolute Gasteiger partial charge is 0.253 e. The predicted octanol–water partition coefficient (Wildman–Crippen LogP) is 1.28. The van der Waals surface area contributed by atoms with Crippen LogP contribution in [0.25, 0.3) is 0 Å². The number of nitrogens with zero attached hydrogens (tertiary/aromatic N) is 4. The van der Waals surface area contributed by atoms with Gasteiger partial charge in [-0.25, -0.2) is 4.68 Å². The Labute approximate surface area is 157 Å². The lowest BCUT2D eigenvalue weighted by Gasteiger charge is -2.31. The third-order valence-electron chi connectivity index (χ3n) is 5.32. The van der Waals surface area contributed by atoms with E-state index in [1.165, 1.54) is 4.68 Å². The number of amides is 1. The van der Waals surface area contributed by atoms with Gasteiger partial charge in [0.1, 0.15) is 6.34 Å². The van der Waals surface area contributed by atoms with Crippen LogP contribution >= 0.6 is 0 Å². The highest BCUT2D eigenvalue weighted by molar-refractivity contribution is 5.94. The van der Waals surface area contributed by atoms with E-state index in [1.807, 2.05) is 19.9 Å². The highest BCUT2D eigenvalue weighted by Gasteiger charge is 2.26.